The largest absolute Gasteiger partial charge is 0.394 e. The van der Waals surface area contributed by atoms with E-state index in [1.54, 1.807) is 6.08 Å². The lowest BCUT2D eigenvalue weighted by Gasteiger charge is -2.46. The molecule has 0 aliphatic carbocycles. The second-order valence-electron chi connectivity index (χ2n) is 23.2. The Kier molecular flexibility index (Phi) is 46.5. The fourth-order valence-corrected chi connectivity index (χ4v) is 10.9. The first-order chi connectivity index (χ1) is 38.1. The molecule has 12 atom stereocenters. The van der Waals surface area contributed by atoms with E-state index in [1.807, 2.05) is 6.08 Å². The van der Waals surface area contributed by atoms with Gasteiger partial charge in [-0.1, -0.05) is 269 Å². The first-order valence-corrected chi connectivity index (χ1v) is 32.6. The number of ether oxygens (including phenoxy) is 4. The van der Waals surface area contributed by atoms with Crippen LogP contribution in [0.3, 0.4) is 0 Å². The first-order valence-electron chi connectivity index (χ1n) is 32.6. The van der Waals surface area contributed by atoms with Gasteiger partial charge in [0.2, 0.25) is 5.91 Å². The third-order valence-electron chi connectivity index (χ3n) is 16.1. The molecule has 2 rings (SSSR count). The van der Waals surface area contributed by atoms with Gasteiger partial charge in [0.25, 0.3) is 0 Å². The molecule has 0 aromatic carbocycles. The van der Waals surface area contributed by atoms with Gasteiger partial charge in [0.1, 0.15) is 48.8 Å². The van der Waals surface area contributed by atoms with Crippen molar-refractivity contribution in [2.75, 3.05) is 19.8 Å². The lowest BCUT2D eigenvalue weighted by molar-refractivity contribution is -0.359. The van der Waals surface area contributed by atoms with Gasteiger partial charge in [-0.2, -0.15) is 0 Å². The molecule has 78 heavy (non-hydrogen) atoms. The molecule has 460 valence electrons. The molecule has 0 bridgehead atoms. The van der Waals surface area contributed by atoms with E-state index in [2.05, 4.69) is 31.3 Å². The van der Waals surface area contributed by atoms with Crippen molar-refractivity contribution >= 4 is 5.91 Å². The number of allylic oxidation sites excluding steroid dienone is 3. The standard InChI is InChI=1S/C64H121NO13/c1-3-5-7-9-11-13-15-17-19-20-21-22-23-24-25-26-27-28-29-30-31-32-34-35-37-39-41-43-45-47-53(68)52(65-56(69)48-46-44-42-40-38-36-33-18-16-14-12-10-8-6-4-2)51-75-63-61(74)59(72)62(55(50-67)77-63)78-64-60(73)58(71)57(70)54(49-66)76-64/h37,39,45,47,52-55,57-64,66-68,70-74H,3-36,38,40-44,46,48-51H2,1-2H3,(H,65,69)/b39-37+,47-45+. The van der Waals surface area contributed by atoms with E-state index in [-0.39, 0.29) is 18.9 Å². The second kappa shape index (κ2) is 50.0. The van der Waals surface area contributed by atoms with Gasteiger partial charge >= 0.3 is 0 Å². The number of amides is 1. The van der Waals surface area contributed by atoms with E-state index >= 15 is 0 Å². The summed E-state index contributed by atoms with van der Waals surface area (Å²) in [5, 5.41) is 87.2. The molecule has 1 amide bonds. The Morgan fingerprint density at radius 1 is 0.449 bits per heavy atom. The molecule has 9 N–H and O–H groups in total. The van der Waals surface area contributed by atoms with Crippen molar-refractivity contribution in [3.8, 4) is 0 Å². The fourth-order valence-electron chi connectivity index (χ4n) is 10.9. The average Bonchev–Trinajstić information content (AvgIpc) is 3.44. The lowest BCUT2D eigenvalue weighted by Crippen LogP contribution is -2.65. The Balaban J connectivity index is 1.70. The van der Waals surface area contributed by atoms with Crippen molar-refractivity contribution in [3.05, 3.63) is 24.3 Å². The highest BCUT2D eigenvalue weighted by atomic mass is 16.7. The van der Waals surface area contributed by atoms with E-state index in [9.17, 15) is 45.6 Å². The minimum absolute atomic E-state index is 0.245. The number of carbonyl (C=O) groups excluding carboxylic acids is 1. The highest BCUT2D eigenvalue weighted by Gasteiger charge is 2.51. The van der Waals surface area contributed by atoms with E-state index in [0.717, 1.165) is 32.1 Å². The van der Waals surface area contributed by atoms with Gasteiger partial charge in [-0.15, -0.1) is 0 Å². The van der Waals surface area contributed by atoms with Crippen LogP contribution in [0.2, 0.25) is 0 Å². The van der Waals surface area contributed by atoms with Gasteiger partial charge in [0.05, 0.1) is 32.0 Å². The smallest absolute Gasteiger partial charge is 0.220 e. The van der Waals surface area contributed by atoms with E-state index < -0.39 is 86.8 Å². The summed E-state index contributed by atoms with van der Waals surface area (Å²) >= 11 is 0. The Morgan fingerprint density at radius 2 is 0.821 bits per heavy atom. The number of nitrogens with one attached hydrogen (secondary N) is 1. The summed E-state index contributed by atoms with van der Waals surface area (Å²) in [5.41, 5.74) is 0. The van der Waals surface area contributed by atoms with Gasteiger partial charge in [0, 0.05) is 6.42 Å². The fraction of sp³-hybridized carbons (Fsp3) is 0.922. The van der Waals surface area contributed by atoms with E-state index in [0.29, 0.717) is 12.8 Å². The van der Waals surface area contributed by atoms with Gasteiger partial charge in [-0.25, -0.2) is 0 Å². The van der Waals surface area contributed by atoms with Crippen LogP contribution >= 0.6 is 0 Å². The van der Waals surface area contributed by atoms with Crippen LogP contribution in [-0.4, -0.2) is 140 Å². The van der Waals surface area contributed by atoms with Crippen LogP contribution in [0.5, 0.6) is 0 Å². The predicted octanol–water partition coefficient (Wildman–Crippen LogP) is 12.0. The maximum atomic E-state index is 13.2. The number of unbranched alkanes of at least 4 members (excludes halogenated alkanes) is 38. The van der Waals surface area contributed by atoms with Crippen LogP contribution in [0.1, 0.15) is 284 Å². The van der Waals surface area contributed by atoms with E-state index in [4.69, 9.17) is 18.9 Å². The molecular weight excluding hydrogens is 991 g/mol. The van der Waals surface area contributed by atoms with Crippen molar-refractivity contribution < 1.29 is 64.6 Å². The number of aliphatic hydroxyl groups is 8. The van der Waals surface area contributed by atoms with Gasteiger partial charge in [0.15, 0.2) is 12.6 Å². The lowest BCUT2D eigenvalue weighted by atomic mass is 9.97. The topological polar surface area (TPSA) is 228 Å². The molecule has 12 unspecified atom stereocenters. The quantitative estimate of drug-likeness (QED) is 0.0204. The van der Waals surface area contributed by atoms with Crippen LogP contribution in [0.4, 0.5) is 0 Å². The molecule has 14 nitrogen and oxygen atoms in total. The van der Waals surface area contributed by atoms with Crippen molar-refractivity contribution in [3.63, 3.8) is 0 Å². The van der Waals surface area contributed by atoms with Crippen LogP contribution in [0.25, 0.3) is 0 Å². The number of hydrogen-bond acceptors (Lipinski definition) is 13. The molecule has 2 saturated heterocycles. The first kappa shape index (κ1) is 72.6. The molecule has 2 aliphatic rings. The molecule has 14 heteroatoms. The highest BCUT2D eigenvalue weighted by molar-refractivity contribution is 5.76. The third kappa shape index (κ3) is 34.8. The summed E-state index contributed by atoms with van der Waals surface area (Å²) < 4.78 is 22.8. The summed E-state index contributed by atoms with van der Waals surface area (Å²) in [5.74, 6) is -0.245. The molecule has 0 saturated carbocycles. The third-order valence-corrected chi connectivity index (χ3v) is 16.1. The normalized spacial score (nSPS) is 24.6. The van der Waals surface area contributed by atoms with Crippen molar-refractivity contribution in [1.82, 2.24) is 5.32 Å². The summed E-state index contributed by atoms with van der Waals surface area (Å²) in [4.78, 5) is 13.2. The van der Waals surface area contributed by atoms with Crippen LogP contribution in [0.15, 0.2) is 24.3 Å². The van der Waals surface area contributed by atoms with Crippen molar-refractivity contribution in [2.45, 2.75) is 357 Å². The SMILES string of the molecule is CCCCCCCCCCCCCCCCCCCCCCCCC/C=C/CC/C=C/C(O)C(COC1OC(CO)C(OC2OC(CO)C(O)C(O)C2O)C(O)C1O)NC(=O)CCCCCCCCCCCCCCCCC. The molecule has 0 aromatic rings. The molecule has 2 aliphatic heterocycles. The highest BCUT2D eigenvalue weighted by Crippen LogP contribution is 2.30. The maximum absolute atomic E-state index is 13.2. The molecule has 2 fully saturated rings. The predicted molar refractivity (Wildman–Crippen MR) is 314 cm³/mol. The van der Waals surface area contributed by atoms with Crippen LogP contribution in [-0.2, 0) is 23.7 Å². The second-order valence-corrected chi connectivity index (χ2v) is 23.2. The van der Waals surface area contributed by atoms with E-state index in [1.165, 1.54) is 218 Å². The molecular formula is C64H121NO13. The monoisotopic (exact) mass is 1110 g/mol. The van der Waals surface area contributed by atoms with Gasteiger partial charge in [-0.3, -0.25) is 4.79 Å². The molecule has 0 radical (unpaired) electrons. The maximum Gasteiger partial charge on any atom is 0.220 e. The average molecular weight is 1110 g/mol. The summed E-state index contributed by atoms with van der Waals surface area (Å²) in [6.45, 7) is 2.81. The number of rotatable bonds is 53. The Labute approximate surface area is 475 Å². The minimum Gasteiger partial charge on any atom is -0.394 e. The zero-order valence-electron chi connectivity index (χ0n) is 49.7. The minimum atomic E-state index is -1.79. The molecule has 0 aromatic heterocycles. The van der Waals surface area contributed by atoms with Crippen LogP contribution < -0.4 is 5.32 Å². The zero-order chi connectivity index (χ0) is 56.7. The Bertz CT molecular complexity index is 1400. The van der Waals surface area contributed by atoms with Gasteiger partial charge in [-0.05, 0) is 32.1 Å². The number of aliphatic hydroxyl groups excluding tert-OH is 8. The number of hydrogen-bond donors (Lipinski definition) is 9. The Morgan fingerprint density at radius 3 is 1.26 bits per heavy atom. The van der Waals surface area contributed by atoms with Crippen molar-refractivity contribution in [1.29, 1.82) is 0 Å². The number of carbonyl (C=O) groups is 1. The van der Waals surface area contributed by atoms with Crippen molar-refractivity contribution in [2.24, 2.45) is 0 Å². The Hall–Kier alpha value is -1.53. The summed E-state index contributed by atoms with van der Waals surface area (Å²) in [7, 11) is 0. The summed E-state index contributed by atoms with van der Waals surface area (Å²) in [6.07, 6.45) is 43.8. The molecule has 0 spiro atoms. The van der Waals surface area contributed by atoms with Crippen LogP contribution in [0, 0.1) is 0 Å². The zero-order valence-corrected chi connectivity index (χ0v) is 49.7. The summed E-state index contributed by atoms with van der Waals surface area (Å²) in [6, 6.07) is -0.928. The van der Waals surface area contributed by atoms with Gasteiger partial charge < -0.3 is 65.1 Å². The molecule has 2 heterocycles.